The molecule has 0 spiro atoms. The van der Waals surface area contributed by atoms with Crippen LogP contribution >= 0.6 is 11.3 Å². The van der Waals surface area contributed by atoms with Crippen molar-refractivity contribution < 1.29 is 17.9 Å². The molecule has 0 radical (unpaired) electrons. The Bertz CT molecular complexity index is 1010. The van der Waals surface area contributed by atoms with Crippen LogP contribution in [0.1, 0.15) is 10.6 Å². The van der Waals surface area contributed by atoms with Crippen LogP contribution in [0.4, 0.5) is 0 Å². The summed E-state index contributed by atoms with van der Waals surface area (Å²) >= 11 is 1.55. The van der Waals surface area contributed by atoms with Crippen LogP contribution in [0.25, 0.3) is 11.3 Å². The first-order chi connectivity index (χ1) is 12.4. The van der Waals surface area contributed by atoms with Crippen molar-refractivity contribution in [1.29, 1.82) is 0 Å². The molecule has 2 aromatic carbocycles. The zero-order chi connectivity index (χ0) is 18.7. The third-order valence-electron chi connectivity index (χ3n) is 3.83. The summed E-state index contributed by atoms with van der Waals surface area (Å²) in [5.41, 5.74) is 2.70. The molecule has 1 heterocycles. The molecule has 1 aromatic heterocycles. The van der Waals surface area contributed by atoms with Gasteiger partial charge in [-0.15, -0.1) is 11.3 Å². The van der Waals surface area contributed by atoms with Crippen LogP contribution in [-0.2, 0) is 16.4 Å². The van der Waals surface area contributed by atoms with E-state index in [0.29, 0.717) is 17.9 Å². The molecule has 0 unspecified atom stereocenters. The van der Waals surface area contributed by atoms with Gasteiger partial charge in [-0.1, -0.05) is 18.2 Å². The molecule has 0 aliphatic heterocycles. The number of primary sulfonamides is 1. The second-order valence-corrected chi connectivity index (χ2v) is 8.07. The van der Waals surface area contributed by atoms with Gasteiger partial charge in [0, 0.05) is 17.4 Å². The summed E-state index contributed by atoms with van der Waals surface area (Å²) in [6, 6.07) is 12.2. The maximum Gasteiger partial charge on any atom is 0.238 e. The van der Waals surface area contributed by atoms with Crippen molar-refractivity contribution in [2.45, 2.75) is 11.3 Å². The smallest absolute Gasteiger partial charge is 0.238 e. The summed E-state index contributed by atoms with van der Waals surface area (Å²) in [6.45, 7) is 0. The van der Waals surface area contributed by atoms with Gasteiger partial charge in [-0.2, -0.15) is 0 Å². The minimum atomic E-state index is -3.69. The molecule has 0 bridgehead atoms. The standard InChI is InChI=1S/C18H18N2O4S2/c1-23-16-8-3-12(9-17(16)24-2)10-18-20-15(11-25-18)13-4-6-14(7-5-13)26(19,21)22/h3-9,11H,10H2,1-2H3,(H2,19,21,22). The normalized spacial score (nSPS) is 11.3. The van der Waals surface area contributed by atoms with E-state index in [9.17, 15) is 8.42 Å². The average Bonchev–Trinajstić information content (AvgIpc) is 3.09. The number of hydrogen-bond acceptors (Lipinski definition) is 6. The highest BCUT2D eigenvalue weighted by Crippen LogP contribution is 2.30. The number of aromatic nitrogens is 1. The number of rotatable bonds is 6. The van der Waals surface area contributed by atoms with Crippen molar-refractivity contribution in [2.24, 2.45) is 5.14 Å². The maximum absolute atomic E-state index is 11.3. The molecule has 8 heteroatoms. The lowest BCUT2D eigenvalue weighted by atomic mass is 10.1. The number of sulfonamides is 1. The number of benzene rings is 2. The van der Waals surface area contributed by atoms with Crippen LogP contribution in [-0.4, -0.2) is 27.6 Å². The predicted molar refractivity (Wildman–Crippen MR) is 101 cm³/mol. The molecule has 3 rings (SSSR count). The minimum absolute atomic E-state index is 0.0852. The van der Waals surface area contributed by atoms with Crippen molar-refractivity contribution in [3.8, 4) is 22.8 Å². The Morgan fingerprint density at radius 3 is 2.35 bits per heavy atom. The maximum atomic E-state index is 11.3. The zero-order valence-corrected chi connectivity index (χ0v) is 15.9. The van der Waals surface area contributed by atoms with Gasteiger partial charge in [-0.05, 0) is 29.8 Å². The summed E-state index contributed by atoms with van der Waals surface area (Å²) < 4.78 is 33.2. The fourth-order valence-electron chi connectivity index (χ4n) is 2.51. The Morgan fingerprint density at radius 1 is 1.04 bits per heavy atom. The van der Waals surface area contributed by atoms with Gasteiger partial charge in [-0.25, -0.2) is 18.5 Å². The second kappa shape index (κ2) is 7.45. The Morgan fingerprint density at radius 2 is 1.73 bits per heavy atom. The van der Waals surface area contributed by atoms with E-state index in [1.54, 1.807) is 37.7 Å². The van der Waals surface area contributed by atoms with Crippen molar-refractivity contribution in [3.05, 3.63) is 58.4 Å². The van der Waals surface area contributed by atoms with Crippen LogP contribution in [0, 0.1) is 0 Å². The van der Waals surface area contributed by atoms with Crippen molar-refractivity contribution >= 4 is 21.4 Å². The lowest BCUT2D eigenvalue weighted by Crippen LogP contribution is -2.11. The molecule has 136 valence electrons. The van der Waals surface area contributed by atoms with E-state index in [1.807, 2.05) is 23.6 Å². The summed E-state index contributed by atoms with van der Waals surface area (Å²) in [5.74, 6) is 1.37. The number of ether oxygens (including phenoxy) is 2. The summed E-state index contributed by atoms with van der Waals surface area (Å²) in [7, 11) is -0.481. The molecule has 6 nitrogen and oxygen atoms in total. The highest BCUT2D eigenvalue weighted by Gasteiger charge is 2.11. The average molecular weight is 390 g/mol. The van der Waals surface area contributed by atoms with Crippen molar-refractivity contribution in [1.82, 2.24) is 4.98 Å². The number of hydrogen-bond donors (Lipinski definition) is 1. The molecule has 0 saturated heterocycles. The lowest BCUT2D eigenvalue weighted by molar-refractivity contribution is 0.354. The molecule has 0 aliphatic rings. The topological polar surface area (TPSA) is 91.5 Å². The number of thiazole rings is 1. The monoisotopic (exact) mass is 390 g/mol. The van der Waals surface area contributed by atoms with E-state index in [1.165, 1.54) is 12.1 Å². The Kier molecular flexibility index (Phi) is 5.26. The highest BCUT2D eigenvalue weighted by atomic mass is 32.2. The zero-order valence-electron chi connectivity index (χ0n) is 14.3. The Balaban J connectivity index is 1.80. The Hall–Kier alpha value is -2.42. The van der Waals surface area contributed by atoms with Gasteiger partial charge in [0.1, 0.15) is 0 Å². The van der Waals surface area contributed by atoms with E-state index in [-0.39, 0.29) is 4.90 Å². The molecular weight excluding hydrogens is 372 g/mol. The Labute approximate surface area is 156 Å². The predicted octanol–water partition coefficient (Wildman–Crippen LogP) is 3.07. The van der Waals surface area contributed by atoms with Crippen molar-refractivity contribution in [3.63, 3.8) is 0 Å². The van der Waals surface area contributed by atoms with Crippen LogP contribution in [0.2, 0.25) is 0 Å². The number of nitrogens with two attached hydrogens (primary N) is 1. The largest absolute Gasteiger partial charge is 0.493 e. The minimum Gasteiger partial charge on any atom is -0.493 e. The first kappa shape index (κ1) is 18.4. The molecule has 2 N–H and O–H groups in total. The summed E-state index contributed by atoms with van der Waals surface area (Å²) in [4.78, 5) is 4.72. The SMILES string of the molecule is COc1ccc(Cc2nc(-c3ccc(S(N)(=O)=O)cc3)cs2)cc1OC. The van der Waals surface area contributed by atoms with Crippen LogP contribution in [0.3, 0.4) is 0 Å². The number of methoxy groups -OCH3 is 2. The second-order valence-electron chi connectivity index (χ2n) is 5.56. The molecule has 0 atom stereocenters. The van der Waals surface area contributed by atoms with E-state index in [0.717, 1.165) is 21.8 Å². The van der Waals surface area contributed by atoms with E-state index in [4.69, 9.17) is 14.6 Å². The van der Waals surface area contributed by atoms with Gasteiger partial charge < -0.3 is 9.47 Å². The fourth-order valence-corrected chi connectivity index (χ4v) is 3.86. The van der Waals surface area contributed by atoms with E-state index >= 15 is 0 Å². The molecule has 26 heavy (non-hydrogen) atoms. The third kappa shape index (κ3) is 4.04. The fraction of sp³-hybridized carbons (Fsp3) is 0.167. The first-order valence-electron chi connectivity index (χ1n) is 7.69. The lowest BCUT2D eigenvalue weighted by Gasteiger charge is -2.08. The first-order valence-corrected chi connectivity index (χ1v) is 10.1. The van der Waals surface area contributed by atoms with Gasteiger partial charge in [0.25, 0.3) is 0 Å². The van der Waals surface area contributed by atoms with Gasteiger partial charge in [0.2, 0.25) is 10.0 Å². The highest BCUT2D eigenvalue weighted by molar-refractivity contribution is 7.89. The molecule has 0 saturated carbocycles. The summed E-state index contributed by atoms with van der Waals surface area (Å²) in [6.07, 6.45) is 0.667. The van der Waals surface area contributed by atoms with Gasteiger partial charge in [-0.3, -0.25) is 0 Å². The van der Waals surface area contributed by atoms with Crippen LogP contribution in [0.15, 0.2) is 52.7 Å². The van der Waals surface area contributed by atoms with Crippen LogP contribution in [0.5, 0.6) is 11.5 Å². The molecular formula is C18H18N2O4S2. The molecule has 3 aromatic rings. The van der Waals surface area contributed by atoms with Crippen molar-refractivity contribution in [2.75, 3.05) is 14.2 Å². The van der Waals surface area contributed by atoms with Gasteiger partial charge >= 0.3 is 0 Å². The molecule has 0 amide bonds. The van der Waals surface area contributed by atoms with E-state index in [2.05, 4.69) is 4.98 Å². The molecule has 0 aliphatic carbocycles. The summed E-state index contributed by atoms with van der Waals surface area (Å²) in [5, 5.41) is 8.01. The van der Waals surface area contributed by atoms with E-state index < -0.39 is 10.0 Å². The van der Waals surface area contributed by atoms with Gasteiger partial charge in [0.15, 0.2) is 11.5 Å². The van der Waals surface area contributed by atoms with Crippen LogP contribution < -0.4 is 14.6 Å². The molecule has 0 fully saturated rings. The van der Waals surface area contributed by atoms with Gasteiger partial charge in [0.05, 0.1) is 29.8 Å². The number of nitrogens with zero attached hydrogens (tertiary/aromatic N) is 1. The third-order valence-corrected chi connectivity index (χ3v) is 5.61. The quantitative estimate of drug-likeness (QED) is 0.698.